The Hall–Kier alpha value is -4.07. The normalized spacial score (nSPS) is 13.4. The van der Waals surface area contributed by atoms with Gasteiger partial charge in [-0.3, -0.25) is 4.79 Å². The zero-order valence-electron chi connectivity index (χ0n) is 21.2. The van der Waals surface area contributed by atoms with Gasteiger partial charge in [-0.25, -0.2) is 9.97 Å². The van der Waals surface area contributed by atoms with E-state index in [0.29, 0.717) is 61.2 Å². The number of carbonyl (C=O) groups is 1. The molecule has 3 aromatic rings. The summed E-state index contributed by atoms with van der Waals surface area (Å²) in [6, 6.07) is 12.2. The highest BCUT2D eigenvalue weighted by atomic mass is 16.5. The maximum Gasteiger partial charge on any atom is 0.226 e. The highest BCUT2D eigenvalue weighted by molar-refractivity contribution is 5.76. The summed E-state index contributed by atoms with van der Waals surface area (Å²) >= 11 is 0. The molecule has 8 nitrogen and oxygen atoms in total. The van der Waals surface area contributed by atoms with Crippen molar-refractivity contribution >= 4 is 11.9 Å². The fraction of sp³-hybridized carbons (Fsp3) is 0.321. The Balaban J connectivity index is 1.81. The first kappa shape index (κ1) is 25.0. The van der Waals surface area contributed by atoms with Crippen LogP contribution in [-0.2, 0) is 11.2 Å². The Morgan fingerprint density at radius 3 is 2.25 bits per heavy atom. The molecule has 36 heavy (non-hydrogen) atoms. The lowest BCUT2D eigenvalue weighted by Gasteiger charge is -2.34. The zero-order valence-corrected chi connectivity index (χ0v) is 21.2. The van der Waals surface area contributed by atoms with E-state index < -0.39 is 0 Å². The van der Waals surface area contributed by atoms with Gasteiger partial charge in [0.2, 0.25) is 11.9 Å². The third kappa shape index (κ3) is 5.59. The summed E-state index contributed by atoms with van der Waals surface area (Å²) in [6.45, 7) is 8.07. The summed E-state index contributed by atoms with van der Waals surface area (Å²) < 4.78 is 5.52. The van der Waals surface area contributed by atoms with Crippen LogP contribution in [0.25, 0.3) is 22.5 Å². The van der Waals surface area contributed by atoms with Crippen LogP contribution in [0, 0.1) is 0 Å². The molecule has 2 N–H and O–H groups in total. The average molecular weight is 489 g/mol. The SMILES string of the molecule is COc1cc(O)c(-c2cc(-c3ccc(O)cc3)nc(N3CCN(C(C)=O)CC3)n2)cc1CC=C(C)C. The van der Waals surface area contributed by atoms with E-state index in [1.54, 1.807) is 44.4 Å². The number of benzene rings is 2. The lowest BCUT2D eigenvalue weighted by Crippen LogP contribution is -2.48. The minimum absolute atomic E-state index is 0.0566. The van der Waals surface area contributed by atoms with Crippen molar-refractivity contribution in [1.82, 2.24) is 14.9 Å². The zero-order chi connectivity index (χ0) is 25.8. The summed E-state index contributed by atoms with van der Waals surface area (Å²) in [4.78, 5) is 25.3. The summed E-state index contributed by atoms with van der Waals surface area (Å²) in [6.07, 6.45) is 2.77. The molecule has 4 rings (SSSR count). The number of anilines is 1. The van der Waals surface area contributed by atoms with Crippen LogP contribution in [0.15, 0.2) is 54.1 Å². The maximum atomic E-state index is 11.8. The molecule has 0 aliphatic carbocycles. The molecule has 1 fully saturated rings. The van der Waals surface area contributed by atoms with Crippen molar-refractivity contribution in [3.05, 3.63) is 59.7 Å². The van der Waals surface area contributed by atoms with Crippen molar-refractivity contribution in [3.63, 3.8) is 0 Å². The highest BCUT2D eigenvalue weighted by Crippen LogP contribution is 2.37. The molecule has 0 unspecified atom stereocenters. The first-order valence-electron chi connectivity index (χ1n) is 12.0. The van der Waals surface area contributed by atoms with Crippen molar-refractivity contribution in [1.29, 1.82) is 0 Å². The molecule has 1 aliphatic heterocycles. The molecule has 0 saturated carbocycles. The smallest absolute Gasteiger partial charge is 0.226 e. The molecule has 1 aliphatic rings. The van der Waals surface area contributed by atoms with Crippen LogP contribution in [0.2, 0.25) is 0 Å². The van der Waals surface area contributed by atoms with Gasteiger partial charge in [0.05, 0.1) is 18.5 Å². The minimum Gasteiger partial charge on any atom is -0.508 e. The van der Waals surface area contributed by atoms with Crippen molar-refractivity contribution in [2.45, 2.75) is 27.2 Å². The fourth-order valence-corrected chi connectivity index (χ4v) is 4.20. The van der Waals surface area contributed by atoms with Gasteiger partial charge in [-0.2, -0.15) is 0 Å². The van der Waals surface area contributed by atoms with Gasteiger partial charge < -0.3 is 24.7 Å². The summed E-state index contributed by atoms with van der Waals surface area (Å²) in [5.41, 5.74) is 4.78. The number of allylic oxidation sites excluding steroid dienone is 2. The van der Waals surface area contributed by atoms with Crippen LogP contribution in [0.3, 0.4) is 0 Å². The number of piperazine rings is 1. The van der Waals surface area contributed by atoms with Gasteiger partial charge in [-0.15, -0.1) is 0 Å². The molecule has 1 aromatic heterocycles. The Morgan fingerprint density at radius 1 is 0.972 bits per heavy atom. The van der Waals surface area contributed by atoms with Gasteiger partial charge in [-0.1, -0.05) is 11.6 Å². The van der Waals surface area contributed by atoms with E-state index >= 15 is 0 Å². The van der Waals surface area contributed by atoms with Crippen molar-refractivity contribution in [2.24, 2.45) is 0 Å². The number of phenolic OH excluding ortho intramolecular Hbond substituents is 2. The Labute approximate surface area is 211 Å². The molecular formula is C28H32N4O4. The Bertz CT molecular complexity index is 1280. The predicted molar refractivity (Wildman–Crippen MR) is 140 cm³/mol. The van der Waals surface area contributed by atoms with Crippen LogP contribution in [0.1, 0.15) is 26.3 Å². The minimum atomic E-state index is 0.0566. The van der Waals surface area contributed by atoms with E-state index in [4.69, 9.17) is 14.7 Å². The molecule has 0 bridgehead atoms. The highest BCUT2D eigenvalue weighted by Gasteiger charge is 2.23. The quantitative estimate of drug-likeness (QED) is 0.496. The van der Waals surface area contributed by atoms with Gasteiger partial charge in [0, 0.05) is 50.3 Å². The van der Waals surface area contributed by atoms with E-state index in [1.807, 2.05) is 30.9 Å². The molecule has 0 radical (unpaired) electrons. The number of phenols is 2. The number of rotatable bonds is 6. The van der Waals surface area contributed by atoms with Crippen molar-refractivity contribution in [2.75, 3.05) is 38.2 Å². The predicted octanol–water partition coefficient (Wildman–Crippen LogP) is 4.41. The monoisotopic (exact) mass is 488 g/mol. The number of carbonyl (C=O) groups excluding carboxylic acids is 1. The van der Waals surface area contributed by atoms with Crippen LogP contribution in [-0.4, -0.2) is 64.3 Å². The molecule has 2 aromatic carbocycles. The lowest BCUT2D eigenvalue weighted by molar-refractivity contribution is -0.129. The summed E-state index contributed by atoms with van der Waals surface area (Å²) in [5, 5.41) is 20.7. The molecule has 0 spiro atoms. The lowest BCUT2D eigenvalue weighted by atomic mass is 10.0. The van der Waals surface area contributed by atoms with Crippen molar-refractivity contribution in [3.8, 4) is 39.8 Å². The molecule has 188 valence electrons. The molecule has 0 atom stereocenters. The van der Waals surface area contributed by atoms with Gasteiger partial charge in [-0.05, 0) is 62.2 Å². The summed E-state index contributed by atoms with van der Waals surface area (Å²) in [5.74, 6) is 1.43. The maximum absolute atomic E-state index is 11.8. The molecule has 1 amide bonds. The number of hydrogen-bond acceptors (Lipinski definition) is 7. The van der Waals surface area contributed by atoms with Crippen LogP contribution < -0.4 is 9.64 Å². The molecule has 8 heteroatoms. The molecule has 1 saturated heterocycles. The van der Waals surface area contributed by atoms with Gasteiger partial charge >= 0.3 is 0 Å². The van der Waals surface area contributed by atoms with Crippen LogP contribution in [0.5, 0.6) is 17.2 Å². The van der Waals surface area contributed by atoms with E-state index in [1.165, 1.54) is 5.57 Å². The largest absolute Gasteiger partial charge is 0.508 e. The number of methoxy groups -OCH3 is 1. The molecule has 2 heterocycles. The van der Waals surface area contributed by atoms with Gasteiger partial charge in [0.15, 0.2) is 0 Å². The number of nitrogens with zero attached hydrogens (tertiary/aromatic N) is 4. The number of hydrogen-bond donors (Lipinski definition) is 2. The van der Waals surface area contributed by atoms with E-state index in [0.717, 1.165) is 11.1 Å². The first-order valence-corrected chi connectivity index (χ1v) is 12.0. The third-order valence-electron chi connectivity index (χ3n) is 6.29. The molecular weight excluding hydrogens is 456 g/mol. The Kier molecular flexibility index (Phi) is 7.43. The number of aromatic hydroxyl groups is 2. The van der Waals surface area contributed by atoms with Crippen molar-refractivity contribution < 1.29 is 19.7 Å². The first-order chi connectivity index (χ1) is 17.2. The van der Waals surface area contributed by atoms with Crippen LogP contribution in [0.4, 0.5) is 5.95 Å². The van der Waals surface area contributed by atoms with E-state index in [9.17, 15) is 15.0 Å². The number of amides is 1. The number of ether oxygens (including phenoxy) is 1. The van der Waals surface area contributed by atoms with Crippen LogP contribution >= 0.6 is 0 Å². The Morgan fingerprint density at radius 2 is 1.64 bits per heavy atom. The second-order valence-electron chi connectivity index (χ2n) is 9.15. The third-order valence-corrected chi connectivity index (χ3v) is 6.29. The van der Waals surface area contributed by atoms with Gasteiger partial charge in [0.1, 0.15) is 17.2 Å². The second kappa shape index (κ2) is 10.7. The standard InChI is InChI=1S/C28H32N4O4/c1-18(2)5-6-21-15-23(26(35)17-27(21)36-4)25-16-24(20-7-9-22(34)10-8-20)29-28(30-25)32-13-11-31(12-14-32)19(3)33/h5,7-10,15-17,34-35H,6,11-14H2,1-4H3. The van der Waals surface area contributed by atoms with E-state index in [2.05, 4.69) is 11.0 Å². The topological polar surface area (TPSA) is 99.0 Å². The van der Waals surface area contributed by atoms with Gasteiger partial charge in [0.25, 0.3) is 0 Å². The number of aromatic nitrogens is 2. The van der Waals surface area contributed by atoms with E-state index in [-0.39, 0.29) is 17.4 Å². The second-order valence-corrected chi connectivity index (χ2v) is 9.15. The fourth-order valence-electron chi connectivity index (χ4n) is 4.20. The average Bonchev–Trinajstić information content (AvgIpc) is 2.87. The summed E-state index contributed by atoms with van der Waals surface area (Å²) in [7, 11) is 1.59.